The Labute approximate surface area is 156 Å². The van der Waals surface area contributed by atoms with Gasteiger partial charge in [-0.2, -0.15) is 13.2 Å². The van der Waals surface area contributed by atoms with Gasteiger partial charge in [0.2, 0.25) is 0 Å². The molecule has 0 amide bonds. The quantitative estimate of drug-likeness (QED) is 0.875. The molecule has 142 valence electrons. The zero-order valence-corrected chi connectivity index (χ0v) is 15.2. The maximum Gasteiger partial charge on any atom is 0.393 e. The van der Waals surface area contributed by atoms with Crippen molar-refractivity contribution in [1.82, 2.24) is 9.88 Å². The lowest BCUT2D eigenvalue weighted by Gasteiger charge is -2.36. The minimum Gasteiger partial charge on any atom is -0.370 e. The monoisotopic (exact) mass is 374 g/mol. The number of hydrogen-bond acceptors (Lipinski definition) is 4. The summed E-state index contributed by atoms with van der Waals surface area (Å²) in [7, 11) is 1.80. The van der Waals surface area contributed by atoms with E-state index in [-0.39, 0.29) is 5.56 Å². The number of hydrogen-bond donors (Lipinski definition) is 1. The molecule has 1 aromatic heterocycles. The third-order valence-corrected chi connectivity index (χ3v) is 4.66. The lowest BCUT2D eigenvalue weighted by Crippen LogP contribution is -2.42. The van der Waals surface area contributed by atoms with Gasteiger partial charge in [0.25, 0.3) is 0 Å². The number of nitrogens with zero attached hydrogens (tertiary/aromatic N) is 3. The highest BCUT2D eigenvalue weighted by molar-refractivity contribution is 5.81. The minimum absolute atomic E-state index is 0.202. The molecule has 0 spiro atoms. The summed E-state index contributed by atoms with van der Waals surface area (Å²) in [6.45, 7) is 5.94. The van der Waals surface area contributed by atoms with Gasteiger partial charge in [0, 0.05) is 24.7 Å². The van der Waals surface area contributed by atoms with E-state index in [1.165, 1.54) is 12.1 Å². The Hall–Kier alpha value is -2.83. The Morgan fingerprint density at radius 2 is 1.93 bits per heavy atom. The van der Waals surface area contributed by atoms with Crippen molar-refractivity contribution in [2.45, 2.75) is 31.5 Å². The molecule has 3 rings (SSSR count). The number of nitrogens with two attached hydrogens (primary N) is 1. The SMILES string of the molecule is C=C1C[C@@](C)(c2cccc(-c3cccc(CC(F)(F)F)c3)n2)N=C(N)N1C. The zero-order valence-electron chi connectivity index (χ0n) is 15.2. The molecular formula is C20H21F3N4. The van der Waals surface area contributed by atoms with Gasteiger partial charge in [-0.15, -0.1) is 0 Å². The van der Waals surface area contributed by atoms with E-state index in [0.717, 1.165) is 5.70 Å². The predicted molar refractivity (Wildman–Crippen MR) is 99.9 cm³/mol. The van der Waals surface area contributed by atoms with Gasteiger partial charge in [0.05, 0.1) is 17.8 Å². The molecule has 0 aliphatic carbocycles. The zero-order chi connectivity index (χ0) is 19.8. The van der Waals surface area contributed by atoms with Crippen LogP contribution in [0.2, 0.25) is 0 Å². The summed E-state index contributed by atoms with van der Waals surface area (Å²) < 4.78 is 38.1. The van der Waals surface area contributed by atoms with Gasteiger partial charge in [-0.3, -0.25) is 4.98 Å². The number of pyridine rings is 1. The van der Waals surface area contributed by atoms with Crippen molar-refractivity contribution in [2.24, 2.45) is 10.7 Å². The third kappa shape index (κ3) is 4.13. The molecule has 1 aliphatic heterocycles. The third-order valence-electron chi connectivity index (χ3n) is 4.66. The average molecular weight is 374 g/mol. The molecule has 0 saturated heterocycles. The van der Waals surface area contributed by atoms with Crippen molar-refractivity contribution in [3.63, 3.8) is 0 Å². The summed E-state index contributed by atoms with van der Waals surface area (Å²) in [5.41, 5.74) is 8.26. The second kappa shape index (κ2) is 6.72. The van der Waals surface area contributed by atoms with Crippen LogP contribution >= 0.6 is 0 Å². The molecule has 2 N–H and O–H groups in total. The van der Waals surface area contributed by atoms with Crippen LogP contribution in [0.25, 0.3) is 11.3 Å². The van der Waals surface area contributed by atoms with Gasteiger partial charge < -0.3 is 10.6 Å². The van der Waals surface area contributed by atoms with Crippen molar-refractivity contribution >= 4 is 5.96 Å². The van der Waals surface area contributed by atoms with E-state index >= 15 is 0 Å². The van der Waals surface area contributed by atoms with E-state index in [4.69, 9.17) is 5.73 Å². The van der Waals surface area contributed by atoms with Crippen LogP contribution in [0.15, 0.2) is 59.7 Å². The highest BCUT2D eigenvalue weighted by Crippen LogP contribution is 2.36. The van der Waals surface area contributed by atoms with Gasteiger partial charge in [0.1, 0.15) is 5.54 Å². The summed E-state index contributed by atoms with van der Waals surface area (Å²) >= 11 is 0. The van der Waals surface area contributed by atoms with Gasteiger partial charge in [-0.1, -0.05) is 30.8 Å². The highest BCUT2D eigenvalue weighted by Gasteiger charge is 2.34. The molecule has 0 unspecified atom stereocenters. The fourth-order valence-corrected chi connectivity index (χ4v) is 3.16. The summed E-state index contributed by atoms with van der Waals surface area (Å²) in [6.07, 6.45) is -4.66. The van der Waals surface area contributed by atoms with Gasteiger partial charge >= 0.3 is 6.18 Å². The molecule has 4 nitrogen and oxygen atoms in total. The first-order valence-electron chi connectivity index (χ1n) is 8.48. The van der Waals surface area contributed by atoms with Crippen LogP contribution in [0.3, 0.4) is 0 Å². The van der Waals surface area contributed by atoms with Gasteiger partial charge in [0.15, 0.2) is 5.96 Å². The molecule has 27 heavy (non-hydrogen) atoms. The molecule has 7 heteroatoms. The van der Waals surface area contributed by atoms with Crippen LogP contribution in [0, 0.1) is 0 Å². The van der Waals surface area contributed by atoms with Crippen molar-refractivity contribution in [3.8, 4) is 11.3 Å². The molecule has 1 aromatic carbocycles. The predicted octanol–water partition coefficient (Wildman–Crippen LogP) is 4.23. The molecule has 1 aliphatic rings. The van der Waals surface area contributed by atoms with E-state index in [9.17, 15) is 13.2 Å². The smallest absolute Gasteiger partial charge is 0.370 e. The van der Waals surface area contributed by atoms with Gasteiger partial charge in [-0.05, 0) is 30.7 Å². The minimum atomic E-state index is -4.25. The standard InChI is InChI=1S/C20H21F3N4/c1-13-11-19(2,26-18(24)27(13)3)17-9-5-8-16(25-17)15-7-4-6-14(10-15)12-20(21,22)23/h4-10H,1,11-12H2,2-3H3,(H2,24,26)/t19-/m0/s1. The fourth-order valence-electron chi connectivity index (χ4n) is 3.16. The lowest BCUT2D eigenvalue weighted by molar-refractivity contribution is -0.127. The second-order valence-electron chi connectivity index (χ2n) is 6.95. The van der Waals surface area contributed by atoms with Crippen LogP contribution in [0.5, 0.6) is 0 Å². The Kier molecular flexibility index (Phi) is 4.71. The molecule has 0 bridgehead atoms. The summed E-state index contributed by atoms with van der Waals surface area (Å²) in [4.78, 5) is 11.0. The number of rotatable bonds is 3. The topological polar surface area (TPSA) is 54.5 Å². The molecule has 2 heterocycles. The molecule has 0 radical (unpaired) electrons. The number of aromatic nitrogens is 1. The Balaban J connectivity index is 1.97. The molecule has 0 fully saturated rings. The normalized spacial score (nSPS) is 20.6. The number of benzene rings is 1. The highest BCUT2D eigenvalue weighted by atomic mass is 19.4. The van der Waals surface area contributed by atoms with Gasteiger partial charge in [-0.25, -0.2) is 4.99 Å². The number of aliphatic imine (C=N–C) groups is 1. The van der Waals surface area contributed by atoms with E-state index in [1.807, 2.05) is 19.1 Å². The second-order valence-corrected chi connectivity index (χ2v) is 6.95. The van der Waals surface area contributed by atoms with Crippen molar-refractivity contribution in [1.29, 1.82) is 0 Å². The van der Waals surface area contributed by atoms with E-state index in [0.29, 0.717) is 29.3 Å². The van der Waals surface area contributed by atoms with E-state index in [2.05, 4.69) is 16.6 Å². The maximum atomic E-state index is 12.7. The lowest BCUT2D eigenvalue weighted by atomic mass is 9.90. The Bertz CT molecular complexity index is 904. The maximum absolute atomic E-state index is 12.7. The molecule has 1 atom stereocenters. The first-order chi connectivity index (χ1) is 12.6. The molecule has 0 saturated carbocycles. The fraction of sp³-hybridized carbons (Fsp3) is 0.300. The number of guanidine groups is 1. The first kappa shape index (κ1) is 18.9. The Morgan fingerprint density at radius 1 is 1.22 bits per heavy atom. The van der Waals surface area contributed by atoms with Crippen LogP contribution in [0.4, 0.5) is 13.2 Å². The summed E-state index contributed by atoms with van der Waals surface area (Å²) in [5, 5.41) is 0. The van der Waals surface area contributed by atoms with Crippen molar-refractivity contribution in [2.75, 3.05) is 7.05 Å². The van der Waals surface area contributed by atoms with Crippen molar-refractivity contribution < 1.29 is 13.2 Å². The average Bonchev–Trinajstić information content (AvgIpc) is 2.58. The largest absolute Gasteiger partial charge is 0.393 e. The van der Waals surface area contributed by atoms with Crippen LogP contribution < -0.4 is 5.73 Å². The van der Waals surface area contributed by atoms with E-state index < -0.39 is 18.1 Å². The van der Waals surface area contributed by atoms with Crippen LogP contribution in [-0.2, 0) is 12.0 Å². The van der Waals surface area contributed by atoms with Crippen LogP contribution in [0.1, 0.15) is 24.6 Å². The van der Waals surface area contributed by atoms with E-state index in [1.54, 1.807) is 30.1 Å². The summed E-state index contributed by atoms with van der Waals surface area (Å²) in [5.74, 6) is 0.355. The summed E-state index contributed by atoms with van der Waals surface area (Å²) in [6, 6.07) is 11.8. The Morgan fingerprint density at radius 3 is 2.59 bits per heavy atom. The molecular weight excluding hydrogens is 353 g/mol. The first-order valence-corrected chi connectivity index (χ1v) is 8.48. The van der Waals surface area contributed by atoms with Crippen molar-refractivity contribution in [3.05, 3.63) is 66.0 Å². The molecule has 2 aromatic rings. The number of halogens is 3. The van der Waals surface area contributed by atoms with Crippen LogP contribution in [-0.4, -0.2) is 29.1 Å². The number of alkyl halides is 3.